The van der Waals surface area contributed by atoms with Crippen molar-refractivity contribution in [3.05, 3.63) is 53.6 Å². The number of nitrogens with one attached hydrogen (secondary N) is 1. The number of amides is 1. The minimum atomic E-state index is -1.22. The van der Waals surface area contributed by atoms with Crippen LogP contribution < -0.4 is 5.32 Å². The Labute approximate surface area is 188 Å². The first-order valence-corrected chi connectivity index (χ1v) is 12.6. The topological polar surface area (TPSA) is 86.6 Å². The summed E-state index contributed by atoms with van der Waals surface area (Å²) in [5, 5.41) is 23.9. The number of hydrogen-bond acceptors (Lipinski definition) is 6. The second kappa shape index (κ2) is 8.49. The van der Waals surface area contributed by atoms with Gasteiger partial charge in [0, 0.05) is 33.0 Å². The molecule has 4 rings (SSSR count). The number of rotatable bonds is 5. The Morgan fingerprint density at radius 1 is 1.03 bits per heavy atom. The van der Waals surface area contributed by atoms with E-state index in [0.717, 1.165) is 38.8 Å². The van der Waals surface area contributed by atoms with Crippen molar-refractivity contribution in [2.75, 3.05) is 16.8 Å². The summed E-state index contributed by atoms with van der Waals surface area (Å²) in [6.07, 6.45) is 0.816. The molecule has 2 heterocycles. The summed E-state index contributed by atoms with van der Waals surface area (Å²) in [7, 11) is 0. The molecule has 2 aromatic rings. The highest BCUT2D eigenvalue weighted by Crippen LogP contribution is 2.61. The lowest BCUT2D eigenvalue weighted by Gasteiger charge is -2.49. The summed E-state index contributed by atoms with van der Waals surface area (Å²) in [5.74, 6) is 0.624. The summed E-state index contributed by atoms with van der Waals surface area (Å²) in [5.41, 5.74) is 1.02. The summed E-state index contributed by atoms with van der Waals surface area (Å²) in [6, 6.07) is 13.5. The van der Waals surface area contributed by atoms with Gasteiger partial charge in [-0.2, -0.15) is 0 Å². The monoisotopic (exact) mass is 461 g/mol. The number of thioether (sulfide) groups is 2. The summed E-state index contributed by atoms with van der Waals surface area (Å²) < 4.78 is -0.469. The third kappa shape index (κ3) is 3.86. The van der Waals surface area contributed by atoms with Crippen LogP contribution in [0.3, 0.4) is 0 Å². The molecule has 1 atom stereocenters. The van der Waals surface area contributed by atoms with Crippen LogP contribution in [0.2, 0.25) is 0 Å². The SMILES string of the molecule is CC1(C2(O)c3ccccc3Sc3ccc(NC(=O)CCC(=O)O)cc32)SCCCS1. The lowest BCUT2D eigenvalue weighted by Crippen LogP contribution is -2.49. The number of carboxylic acids is 1. The normalized spacial score (nSPS) is 21.9. The Kier molecular flexibility index (Phi) is 6.12. The molecule has 0 saturated carbocycles. The number of carboxylic acid groups (broad SMARTS) is 1. The van der Waals surface area contributed by atoms with Crippen LogP contribution in [0.5, 0.6) is 0 Å². The van der Waals surface area contributed by atoms with E-state index in [1.165, 1.54) is 0 Å². The van der Waals surface area contributed by atoms with E-state index in [9.17, 15) is 14.7 Å². The maximum atomic E-state index is 12.3. The van der Waals surface area contributed by atoms with E-state index >= 15 is 0 Å². The van der Waals surface area contributed by atoms with E-state index in [1.807, 2.05) is 42.5 Å². The molecule has 0 bridgehead atoms. The van der Waals surface area contributed by atoms with Gasteiger partial charge < -0.3 is 15.5 Å². The van der Waals surface area contributed by atoms with Crippen LogP contribution in [-0.4, -0.2) is 37.7 Å². The number of aliphatic hydroxyl groups is 1. The van der Waals surface area contributed by atoms with Crippen molar-refractivity contribution in [3.63, 3.8) is 0 Å². The second-order valence-corrected chi connectivity index (χ2v) is 11.8. The van der Waals surface area contributed by atoms with Crippen molar-refractivity contribution in [2.45, 2.75) is 45.7 Å². The molecule has 158 valence electrons. The molecule has 8 heteroatoms. The molecule has 30 heavy (non-hydrogen) atoms. The third-order valence-electron chi connectivity index (χ3n) is 5.42. The van der Waals surface area contributed by atoms with Gasteiger partial charge in [0.15, 0.2) is 0 Å². The Morgan fingerprint density at radius 2 is 1.73 bits per heavy atom. The second-order valence-electron chi connectivity index (χ2n) is 7.46. The average Bonchev–Trinajstić information content (AvgIpc) is 2.73. The molecule has 0 spiro atoms. The predicted octanol–water partition coefficient (Wildman–Crippen LogP) is 4.78. The lowest BCUT2D eigenvalue weighted by atomic mass is 9.82. The first kappa shape index (κ1) is 21.6. The quantitative estimate of drug-likeness (QED) is 0.591. The van der Waals surface area contributed by atoms with Gasteiger partial charge in [-0.15, -0.1) is 23.5 Å². The van der Waals surface area contributed by atoms with Crippen LogP contribution in [0, 0.1) is 0 Å². The van der Waals surface area contributed by atoms with Gasteiger partial charge in [0.05, 0.1) is 10.5 Å². The minimum absolute atomic E-state index is 0.0856. The number of carbonyl (C=O) groups excluding carboxylic acids is 1. The van der Waals surface area contributed by atoms with E-state index in [2.05, 4.69) is 12.2 Å². The molecule has 2 aliphatic heterocycles. The number of carbonyl (C=O) groups is 2. The van der Waals surface area contributed by atoms with Gasteiger partial charge in [-0.25, -0.2) is 0 Å². The minimum Gasteiger partial charge on any atom is -0.481 e. The highest BCUT2D eigenvalue weighted by Gasteiger charge is 2.54. The summed E-state index contributed by atoms with van der Waals surface area (Å²) >= 11 is 5.18. The van der Waals surface area contributed by atoms with Gasteiger partial charge in [0.1, 0.15) is 5.60 Å². The molecule has 0 aromatic heterocycles. The van der Waals surface area contributed by atoms with Crippen LogP contribution >= 0.6 is 35.3 Å². The maximum absolute atomic E-state index is 12.3. The largest absolute Gasteiger partial charge is 0.481 e. The standard InChI is InChI=1S/C22H23NO4S3/c1-21(28-11-4-12-29-21)22(27)15-5-2-3-6-17(15)30-18-8-7-14(13-16(18)22)23-19(24)9-10-20(25)26/h2-3,5-8,13,27H,4,9-12H2,1H3,(H,23,24)(H,25,26). The van der Waals surface area contributed by atoms with Gasteiger partial charge in [0.25, 0.3) is 0 Å². The van der Waals surface area contributed by atoms with E-state index in [-0.39, 0.29) is 18.7 Å². The molecule has 3 N–H and O–H groups in total. The van der Waals surface area contributed by atoms with Crippen molar-refractivity contribution < 1.29 is 19.8 Å². The van der Waals surface area contributed by atoms with Crippen molar-refractivity contribution in [1.29, 1.82) is 0 Å². The summed E-state index contributed by atoms with van der Waals surface area (Å²) in [4.78, 5) is 24.9. The number of fused-ring (bicyclic) bond motifs is 2. The molecule has 5 nitrogen and oxygen atoms in total. The number of hydrogen-bond donors (Lipinski definition) is 3. The average molecular weight is 462 g/mol. The Balaban J connectivity index is 1.76. The first-order valence-electron chi connectivity index (χ1n) is 9.77. The zero-order valence-electron chi connectivity index (χ0n) is 16.5. The van der Waals surface area contributed by atoms with Gasteiger partial charge >= 0.3 is 5.97 Å². The molecule has 2 aromatic carbocycles. The van der Waals surface area contributed by atoms with Crippen molar-refractivity contribution in [1.82, 2.24) is 0 Å². The molecule has 2 aliphatic rings. The fourth-order valence-corrected chi connectivity index (χ4v) is 8.27. The van der Waals surface area contributed by atoms with Crippen molar-refractivity contribution >= 4 is 52.8 Å². The summed E-state index contributed by atoms with van der Waals surface area (Å²) in [6.45, 7) is 2.11. The van der Waals surface area contributed by atoms with Crippen molar-refractivity contribution in [3.8, 4) is 0 Å². The number of benzene rings is 2. The molecule has 1 fully saturated rings. The highest BCUT2D eigenvalue weighted by atomic mass is 32.2. The highest BCUT2D eigenvalue weighted by molar-refractivity contribution is 8.18. The Hall–Kier alpha value is -1.61. The molecular weight excluding hydrogens is 438 g/mol. The number of aliphatic carboxylic acids is 1. The maximum Gasteiger partial charge on any atom is 0.303 e. The Morgan fingerprint density at radius 3 is 2.47 bits per heavy atom. The van der Waals surface area contributed by atoms with Gasteiger partial charge in [-0.1, -0.05) is 30.0 Å². The van der Waals surface area contributed by atoms with E-state index in [4.69, 9.17) is 5.11 Å². The predicted molar refractivity (Wildman–Crippen MR) is 123 cm³/mol. The van der Waals surface area contributed by atoms with E-state index < -0.39 is 15.6 Å². The van der Waals surface area contributed by atoms with E-state index in [0.29, 0.717) is 5.69 Å². The van der Waals surface area contributed by atoms with E-state index in [1.54, 1.807) is 35.3 Å². The fraction of sp³-hybridized carbons (Fsp3) is 0.364. The zero-order valence-corrected chi connectivity index (χ0v) is 19.0. The van der Waals surface area contributed by atoms with Gasteiger partial charge in [-0.05, 0) is 49.1 Å². The zero-order chi connectivity index (χ0) is 21.4. The first-order chi connectivity index (χ1) is 14.3. The molecule has 1 amide bonds. The van der Waals surface area contributed by atoms with Crippen LogP contribution in [0.25, 0.3) is 0 Å². The smallest absolute Gasteiger partial charge is 0.303 e. The molecule has 0 aliphatic carbocycles. The lowest BCUT2D eigenvalue weighted by molar-refractivity contribution is -0.138. The molecule has 1 saturated heterocycles. The van der Waals surface area contributed by atoms with Crippen LogP contribution in [0.15, 0.2) is 52.3 Å². The third-order valence-corrected chi connectivity index (χ3v) is 9.95. The fourth-order valence-electron chi connectivity index (χ4n) is 3.87. The Bertz CT molecular complexity index is 990. The molecular formula is C22H23NO4S3. The van der Waals surface area contributed by atoms with Crippen LogP contribution in [0.1, 0.15) is 37.3 Å². The molecule has 1 unspecified atom stereocenters. The van der Waals surface area contributed by atoms with Crippen molar-refractivity contribution in [2.24, 2.45) is 0 Å². The van der Waals surface area contributed by atoms with Crippen LogP contribution in [-0.2, 0) is 15.2 Å². The van der Waals surface area contributed by atoms with Gasteiger partial charge in [-0.3, -0.25) is 9.59 Å². The van der Waals surface area contributed by atoms with Gasteiger partial charge in [0.2, 0.25) is 5.91 Å². The number of anilines is 1. The molecule has 0 radical (unpaired) electrons. The van der Waals surface area contributed by atoms with Crippen LogP contribution in [0.4, 0.5) is 5.69 Å².